The molecule has 0 saturated carbocycles. The van der Waals surface area contributed by atoms with Gasteiger partial charge < -0.3 is 14.4 Å². The average molecular weight is 414 g/mol. The van der Waals surface area contributed by atoms with Crippen LogP contribution in [0.2, 0.25) is 5.02 Å². The van der Waals surface area contributed by atoms with Crippen LogP contribution in [0.4, 0.5) is 0 Å². The van der Waals surface area contributed by atoms with E-state index >= 15 is 0 Å². The van der Waals surface area contributed by atoms with Crippen molar-refractivity contribution >= 4 is 17.5 Å². The van der Waals surface area contributed by atoms with E-state index in [1.807, 2.05) is 23.7 Å². The van der Waals surface area contributed by atoms with Crippen molar-refractivity contribution in [1.82, 2.24) is 14.7 Å². The fourth-order valence-electron chi connectivity index (χ4n) is 3.03. The highest BCUT2D eigenvalue weighted by Crippen LogP contribution is 2.24. The number of rotatable bonds is 8. The normalized spacial score (nSPS) is 10.6. The molecule has 0 saturated heterocycles. The fourth-order valence-corrected chi connectivity index (χ4v) is 3.16. The standard InChI is InChI=1S/C22H24ClN3O3/c1-4-26-19(11-12-24-26)14-25(2)22(27)16-5-10-21(28-3)17(13-16)15-29-20-8-6-18(23)7-9-20/h5-13H,4,14-15H2,1-3H3. The molecule has 0 aliphatic carbocycles. The van der Waals surface area contributed by atoms with Gasteiger partial charge in [0.05, 0.1) is 19.3 Å². The Morgan fingerprint density at radius 2 is 1.93 bits per heavy atom. The molecular weight excluding hydrogens is 390 g/mol. The van der Waals surface area contributed by atoms with Crippen molar-refractivity contribution in [2.75, 3.05) is 14.2 Å². The SMILES string of the molecule is CCn1nccc1CN(C)C(=O)c1ccc(OC)c(COc2ccc(Cl)cc2)c1. The number of methoxy groups -OCH3 is 1. The summed E-state index contributed by atoms with van der Waals surface area (Å²) in [6, 6.07) is 14.4. The number of nitrogens with zero attached hydrogens (tertiary/aromatic N) is 3. The first-order valence-electron chi connectivity index (χ1n) is 9.33. The molecule has 1 heterocycles. The van der Waals surface area contributed by atoms with Crippen molar-refractivity contribution in [3.05, 3.63) is 76.6 Å². The van der Waals surface area contributed by atoms with Crippen molar-refractivity contribution in [1.29, 1.82) is 0 Å². The minimum absolute atomic E-state index is 0.0794. The number of halogens is 1. The lowest BCUT2D eigenvalue weighted by Gasteiger charge is -2.19. The summed E-state index contributed by atoms with van der Waals surface area (Å²) in [5.74, 6) is 1.28. The van der Waals surface area contributed by atoms with Gasteiger partial charge in [-0.15, -0.1) is 0 Å². The van der Waals surface area contributed by atoms with Crippen LogP contribution < -0.4 is 9.47 Å². The molecule has 0 spiro atoms. The molecule has 0 atom stereocenters. The summed E-state index contributed by atoms with van der Waals surface area (Å²) < 4.78 is 13.1. The lowest BCUT2D eigenvalue weighted by molar-refractivity contribution is 0.0781. The highest BCUT2D eigenvalue weighted by Gasteiger charge is 2.16. The number of carbonyl (C=O) groups excluding carboxylic acids is 1. The van der Waals surface area contributed by atoms with E-state index in [1.54, 1.807) is 61.7 Å². The minimum Gasteiger partial charge on any atom is -0.496 e. The van der Waals surface area contributed by atoms with Crippen LogP contribution in [-0.4, -0.2) is 34.7 Å². The molecule has 0 unspecified atom stereocenters. The highest BCUT2D eigenvalue weighted by atomic mass is 35.5. The summed E-state index contributed by atoms with van der Waals surface area (Å²) in [6.07, 6.45) is 1.75. The maximum Gasteiger partial charge on any atom is 0.253 e. The minimum atomic E-state index is -0.0794. The van der Waals surface area contributed by atoms with E-state index in [4.69, 9.17) is 21.1 Å². The third-order valence-corrected chi connectivity index (χ3v) is 4.84. The molecule has 7 heteroatoms. The van der Waals surface area contributed by atoms with Gasteiger partial charge in [0, 0.05) is 35.9 Å². The number of amides is 1. The number of carbonyl (C=O) groups is 1. The first kappa shape index (κ1) is 20.7. The van der Waals surface area contributed by atoms with Crippen LogP contribution in [-0.2, 0) is 19.7 Å². The zero-order chi connectivity index (χ0) is 20.8. The van der Waals surface area contributed by atoms with Gasteiger partial charge in [0.2, 0.25) is 0 Å². The van der Waals surface area contributed by atoms with E-state index < -0.39 is 0 Å². The van der Waals surface area contributed by atoms with Crippen molar-refractivity contribution in [2.24, 2.45) is 0 Å². The van der Waals surface area contributed by atoms with E-state index in [0.717, 1.165) is 17.8 Å². The van der Waals surface area contributed by atoms with E-state index in [9.17, 15) is 4.79 Å². The van der Waals surface area contributed by atoms with Crippen LogP contribution in [0, 0.1) is 0 Å². The highest BCUT2D eigenvalue weighted by molar-refractivity contribution is 6.30. The Hall–Kier alpha value is -2.99. The Kier molecular flexibility index (Phi) is 6.77. The predicted octanol–water partition coefficient (Wildman–Crippen LogP) is 4.42. The van der Waals surface area contributed by atoms with E-state index in [1.165, 1.54) is 0 Å². The lowest BCUT2D eigenvalue weighted by Crippen LogP contribution is -2.27. The smallest absolute Gasteiger partial charge is 0.253 e. The van der Waals surface area contributed by atoms with Gasteiger partial charge in [0.1, 0.15) is 18.1 Å². The van der Waals surface area contributed by atoms with E-state index in [-0.39, 0.29) is 12.5 Å². The molecule has 0 N–H and O–H groups in total. The van der Waals surface area contributed by atoms with Crippen molar-refractivity contribution in [3.8, 4) is 11.5 Å². The number of ether oxygens (including phenoxy) is 2. The molecule has 152 valence electrons. The lowest BCUT2D eigenvalue weighted by atomic mass is 10.1. The zero-order valence-electron chi connectivity index (χ0n) is 16.8. The van der Waals surface area contributed by atoms with Crippen LogP contribution in [0.15, 0.2) is 54.7 Å². The Labute approximate surface area is 175 Å². The van der Waals surface area contributed by atoms with Crippen LogP contribution >= 0.6 is 11.6 Å². The first-order valence-corrected chi connectivity index (χ1v) is 9.71. The maximum absolute atomic E-state index is 12.9. The monoisotopic (exact) mass is 413 g/mol. The topological polar surface area (TPSA) is 56.6 Å². The van der Waals surface area contributed by atoms with Gasteiger partial charge in [-0.1, -0.05) is 11.6 Å². The summed E-state index contributed by atoms with van der Waals surface area (Å²) in [6.45, 7) is 3.54. The molecule has 0 fully saturated rings. The van der Waals surface area contributed by atoms with Crippen molar-refractivity contribution < 1.29 is 14.3 Å². The number of hydrogen-bond donors (Lipinski definition) is 0. The first-order chi connectivity index (χ1) is 14.0. The summed E-state index contributed by atoms with van der Waals surface area (Å²) in [4.78, 5) is 14.6. The molecule has 3 aromatic rings. The zero-order valence-corrected chi connectivity index (χ0v) is 17.5. The van der Waals surface area contributed by atoms with Gasteiger partial charge in [-0.2, -0.15) is 5.10 Å². The molecule has 0 aliphatic rings. The number of aryl methyl sites for hydroxylation is 1. The quantitative estimate of drug-likeness (QED) is 0.548. The Morgan fingerprint density at radius 1 is 1.17 bits per heavy atom. The van der Waals surface area contributed by atoms with Gasteiger partial charge in [0.15, 0.2) is 0 Å². The summed E-state index contributed by atoms with van der Waals surface area (Å²) in [5, 5.41) is 4.90. The van der Waals surface area contributed by atoms with Crippen LogP contribution in [0.25, 0.3) is 0 Å². The average Bonchev–Trinajstić information content (AvgIpc) is 3.19. The maximum atomic E-state index is 12.9. The van der Waals surface area contributed by atoms with Gasteiger partial charge >= 0.3 is 0 Å². The second-order valence-corrected chi connectivity index (χ2v) is 7.01. The van der Waals surface area contributed by atoms with Gasteiger partial charge in [-0.25, -0.2) is 0 Å². The Morgan fingerprint density at radius 3 is 2.62 bits per heavy atom. The molecule has 1 aromatic heterocycles. The van der Waals surface area contributed by atoms with Crippen LogP contribution in [0.5, 0.6) is 11.5 Å². The third kappa shape index (κ3) is 5.09. The molecule has 3 rings (SSSR count). The largest absolute Gasteiger partial charge is 0.496 e. The number of benzene rings is 2. The van der Waals surface area contributed by atoms with Gasteiger partial charge in [-0.3, -0.25) is 9.48 Å². The van der Waals surface area contributed by atoms with E-state index in [0.29, 0.717) is 28.6 Å². The molecule has 6 nitrogen and oxygen atoms in total. The van der Waals surface area contributed by atoms with Crippen LogP contribution in [0.1, 0.15) is 28.5 Å². The molecule has 0 aliphatic heterocycles. The summed E-state index contributed by atoms with van der Waals surface area (Å²) in [5.41, 5.74) is 2.36. The molecule has 0 radical (unpaired) electrons. The molecular formula is C22H24ClN3O3. The van der Waals surface area contributed by atoms with Crippen LogP contribution in [0.3, 0.4) is 0 Å². The molecule has 0 bridgehead atoms. The Bertz CT molecular complexity index is 970. The second kappa shape index (κ2) is 9.47. The predicted molar refractivity (Wildman–Crippen MR) is 112 cm³/mol. The Balaban J connectivity index is 1.74. The van der Waals surface area contributed by atoms with Crippen molar-refractivity contribution in [2.45, 2.75) is 26.6 Å². The molecule has 1 amide bonds. The number of aromatic nitrogens is 2. The summed E-state index contributed by atoms with van der Waals surface area (Å²) in [7, 11) is 3.38. The van der Waals surface area contributed by atoms with Crippen molar-refractivity contribution in [3.63, 3.8) is 0 Å². The molecule has 29 heavy (non-hydrogen) atoms. The van der Waals surface area contributed by atoms with E-state index in [2.05, 4.69) is 5.10 Å². The second-order valence-electron chi connectivity index (χ2n) is 6.57. The summed E-state index contributed by atoms with van der Waals surface area (Å²) >= 11 is 5.91. The molecule has 2 aromatic carbocycles. The fraction of sp³-hybridized carbons (Fsp3) is 0.273. The third-order valence-electron chi connectivity index (χ3n) is 4.59. The van der Waals surface area contributed by atoms with Gasteiger partial charge in [-0.05, 0) is 55.5 Å². The van der Waals surface area contributed by atoms with Gasteiger partial charge in [0.25, 0.3) is 5.91 Å². The number of hydrogen-bond acceptors (Lipinski definition) is 4.